The van der Waals surface area contributed by atoms with E-state index in [1.165, 1.54) is 0 Å². The van der Waals surface area contributed by atoms with E-state index in [1.807, 2.05) is 13.1 Å². The molecule has 5 heteroatoms. The average molecular weight is 259 g/mol. The number of nitrogens with zero attached hydrogens (tertiary/aromatic N) is 1. The lowest BCUT2D eigenvalue weighted by Crippen LogP contribution is -2.40. The first-order valence-electron chi connectivity index (χ1n) is 6.29. The summed E-state index contributed by atoms with van der Waals surface area (Å²) in [6.07, 6.45) is 2.87. The van der Waals surface area contributed by atoms with Crippen LogP contribution in [0.1, 0.15) is 33.1 Å². The highest BCUT2D eigenvalue weighted by molar-refractivity contribution is 6.72. The van der Waals surface area contributed by atoms with Crippen molar-refractivity contribution in [3.05, 3.63) is 0 Å². The minimum atomic E-state index is -2.18. The van der Waals surface area contributed by atoms with E-state index >= 15 is 0 Å². The zero-order chi connectivity index (χ0) is 13.3. The summed E-state index contributed by atoms with van der Waals surface area (Å²) in [6.45, 7) is 8.54. The van der Waals surface area contributed by atoms with Crippen LogP contribution in [-0.4, -0.2) is 48.2 Å². The molecule has 0 saturated carbocycles. The molecule has 1 aliphatic rings. The number of carbonyl (C=O) groups excluding carboxylic acids is 1. The first kappa shape index (κ1) is 14.7. The fourth-order valence-electron chi connectivity index (χ4n) is 2.16. The molecule has 0 aliphatic carbocycles. The number of likely N-dealkylation sites (tertiary alicyclic amines) is 1. The van der Waals surface area contributed by atoms with Crippen molar-refractivity contribution in [3.8, 4) is 0 Å². The van der Waals surface area contributed by atoms with Gasteiger partial charge >= 0.3 is 0 Å². The van der Waals surface area contributed by atoms with Crippen molar-refractivity contribution in [3.63, 3.8) is 0 Å². The number of hydrogen-bond donors (Lipinski definition) is 2. The van der Waals surface area contributed by atoms with Crippen LogP contribution in [0.2, 0.25) is 18.1 Å². The van der Waals surface area contributed by atoms with Crippen LogP contribution in [0.5, 0.6) is 0 Å². The van der Waals surface area contributed by atoms with Gasteiger partial charge in [-0.2, -0.15) is 0 Å². The van der Waals surface area contributed by atoms with Gasteiger partial charge in [0.05, 0.1) is 6.10 Å². The highest BCUT2D eigenvalue weighted by Gasteiger charge is 2.39. The molecule has 0 unspecified atom stereocenters. The topological polar surface area (TPSA) is 60.8 Å². The Bertz CT molecular complexity index is 275. The Morgan fingerprint density at radius 2 is 2.06 bits per heavy atom. The van der Waals surface area contributed by atoms with Gasteiger partial charge < -0.3 is 14.8 Å². The Balaban J connectivity index is 2.53. The third kappa shape index (κ3) is 3.53. The summed E-state index contributed by atoms with van der Waals surface area (Å²) in [5.41, 5.74) is 0. The third-order valence-corrected chi connectivity index (χ3v) is 7.89. The zero-order valence-electron chi connectivity index (χ0n) is 11.3. The summed E-state index contributed by atoms with van der Waals surface area (Å²) in [6, 6.07) is 0.137. The molecular weight excluding hydrogens is 234 g/mol. The molecule has 1 heterocycles. The van der Waals surface area contributed by atoms with E-state index in [9.17, 15) is 14.7 Å². The maximum atomic E-state index is 10.9. The van der Waals surface area contributed by atoms with Crippen LogP contribution >= 0.6 is 0 Å². The maximum absolute atomic E-state index is 10.9. The largest absolute Gasteiger partial charge is 0.432 e. The van der Waals surface area contributed by atoms with Gasteiger partial charge in [0.2, 0.25) is 6.41 Å². The standard InChI is InChI=1S/C12H25NO3Si/c1-12(2,17(3,4)16)6-5-10-7-11(15)8-13(10)9-14/h9-11,15-16H,5-8H2,1-4H3/t10-,11-/m1/s1. The zero-order valence-corrected chi connectivity index (χ0v) is 12.3. The molecule has 100 valence electrons. The Morgan fingerprint density at radius 3 is 2.53 bits per heavy atom. The first-order chi connectivity index (χ1) is 7.67. The maximum Gasteiger partial charge on any atom is 0.210 e. The summed E-state index contributed by atoms with van der Waals surface area (Å²) in [5.74, 6) is 0. The van der Waals surface area contributed by atoms with Gasteiger partial charge in [0.15, 0.2) is 8.32 Å². The van der Waals surface area contributed by atoms with E-state index in [-0.39, 0.29) is 17.2 Å². The number of hydrogen-bond acceptors (Lipinski definition) is 3. The quantitative estimate of drug-likeness (QED) is 0.578. The van der Waals surface area contributed by atoms with Gasteiger partial charge in [-0.15, -0.1) is 0 Å². The molecule has 2 N–H and O–H groups in total. The van der Waals surface area contributed by atoms with E-state index in [2.05, 4.69) is 13.8 Å². The number of aliphatic hydroxyl groups is 1. The first-order valence-corrected chi connectivity index (χ1v) is 9.23. The summed E-state index contributed by atoms with van der Waals surface area (Å²) < 4.78 is 0. The lowest BCUT2D eigenvalue weighted by Gasteiger charge is -2.36. The fraction of sp³-hybridized carbons (Fsp3) is 0.917. The number of carbonyl (C=O) groups is 1. The highest BCUT2D eigenvalue weighted by Crippen LogP contribution is 2.41. The van der Waals surface area contributed by atoms with Crippen LogP contribution in [0.15, 0.2) is 0 Å². The average Bonchev–Trinajstić information content (AvgIpc) is 2.54. The smallest absolute Gasteiger partial charge is 0.210 e. The molecule has 0 spiro atoms. The van der Waals surface area contributed by atoms with Crippen LogP contribution in [0.4, 0.5) is 0 Å². The van der Waals surface area contributed by atoms with Crippen LogP contribution in [0.3, 0.4) is 0 Å². The van der Waals surface area contributed by atoms with Crippen LogP contribution in [0, 0.1) is 0 Å². The third-order valence-electron chi connectivity index (χ3n) is 4.33. The van der Waals surface area contributed by atoms with Crippen molar-refractivity contribution < 1.29 is 14.7 Å². The molecule has 4 nitrogen and oxygen atoms in total. The lowest BCUT2D eigenvalue weighted by molar-refractivity contribution is -0.119. The second-order valence-corrected chi connectivity index (χ2v) is 10.8. The summed E-state index contributed by atoms with van der Waals surface area (Å²) in [5, 5.41) is 9.49. The SMILES string of the molecule is CC(C)(CC[C@@H]1C[C@@H](O)CN1C=O)[Si](C)(C)O. The molecule has 1 saturated heterocycles. The van der Waals surface area contributed by atoms with Crippen LogP contribution in [-0.2, 0) is 4.79 Å². The van der Waals surface area contributed by atoms with Crippen LogP contribution in [0.25, 0.3) is 0 Å². The second-order valence-electron chi connectivity index (χ2n) is 6.33. The summed E-state index contributed by atoms with van der Waals surface area (Å²) >= 11 is 0. The highest BCUT2D eigenvalue weighted by atomic mass is 28.4. The Labute approximate surface area is 105 Å². The van der Waals surface area contributed by atoms with E-state index in [0.29, 0.717) is 13.0 Å². The number of β-amino-alcohol motifs (C(OH)–C–C–N with tert-alkyl or cyclic N) is 1. The van der Waals surface area contributed by atoms with Crippen molar-refractivity contribution >= 4 is 14.7 Å². The minimum absolute atomic E-state index is 0.0604. The second kappa shape index (κ2) is 5.08. The Kier molecular flexibility index (Phi) is 4.38. The molecular formula is C12H25NO3Si. The van der Waals surface area contributed by atoms with E-state index in [1.54, 1.807) is 4.90 Å². The molecule has 17 heavy (non-hydrogen) atoms. The van der Waals surface area contributed by atoms with E-state index in [4.69, 9.17) is 0 Å². The van der Waals surface area contributed by atoms with Crippen molar-refractivity contribution in [1.82, 2.24) is 4.90 Å². The summed E-state index contributed by atoms with van der Waals surface area (Å²) in [4.78, 5) is 22.7. The van der Waals surface area contributed by atoms with Crippen molar-refractivity contribution in [2.75, 3.05) is 6.54 Å². The van der Waals surface area contributed by atoms with Crippen LogP contribution < -0.4 is 0 Å². The fourth-order valence-corrected chi connectivity index (χ4v) is 2.92. The molecule has 1 amide bonds. The summed E-state index contributed by atoms with van der Waals surface area (Å²) in [7, 11) is -2.18. The van der Waals surface area contributed by atoms with Gasteiger partial charge in [-0.3, -0.25) is 4.79 Å². The van der Waals surface area contributed by atoms with E-state index < -0.39 is 8.32 Å². The molecule has 0 aromatic carbocycles. The van der Waals surface area contributed by atoms with Crippen molar-refractivity contribution in [2.45, 2.75) is 63.4 Å². The molecule has 2 atom stereocenters. The molecule has 1 fully saturated rings. The molecule has 0 aromatic heterocycles. The molecule has 1 rings (SSSR count). The van der Waals surface area contributed by atoms with Gasteiger partial charge in [0.25, 0.3) is 0 Å². The van der Waals surface area contributed by atoms with Gasteiger partial charge in [0.1, 0.15) is 0 Å². The van der Waals surface area contributed by atoms with Crippen molar-refractivity contribution in [2.24, 2.45) is 0 Å². The monoisotopic (exact) mass is 259 g/mol. The van der Waals surface area contributed by atoms with Crippen molar-refractivity contribution in [1.29, 1.82) is 0 Å². The molecule has 1 aliphatic heterocycles. The molecule has 0 bridgehead atoms. The van der Waals surface area contributed by atoms with Gasteiger partial charge in [-0.25, -0.2) is 0 Å². The minimum Gasteiger partial charge on any atom is -0.432 e. The number of rotatable bonds is 5. The lowest BCUT2D eigenvalue weighted by atomic mass is 10.0. The van der Waals surface area contributed by atoms with Gasteiger partial charge in [0, 0.05) is 12.6 Å². The predicted octanol–water partition coefficient (Wildman–Crippen LogP) is 1.34. The molecule has 0 aromatic rings. The Hall–Kier alpha value is -0.393. The number of aliphatic hydroxyl groups excluding tert-OH is 1. The van der Waals surface area contributed by atoms with Gasteiger partial charge in [-0.05, 0) is 37.4 Å². The predicted molar refractivity (Wildman–Crippen MR) is 70.2 cm³/mol. The van der Waals surface area contributed by atoms with Gasteiger partial charge in [-0.1, -0.05) is 13.8 Å². The molecule has 0 radical (unpaired) electrons. The number of amides is 1. The normalized spacial score (nSPS) is 26.4. The Morgan fingerprint density at radius 1 is 1.47 bits per heavy atom. The van der Waals surface area contributed by atoms with E-state index in [0.717, 1.165) is 19.3 Å².